The van der Waals surface area contributed by atoms with Gasteiger partial charge in [0.25, 0.3) is 0 Å². The number of carbonyl (C=O) groups is 1. The van der Waals surface area contributed by atoms with Gasteiger partial charge in [0.15, 0.2) is 6.29 Å². The van der Waals surface area contributed by atoms with E-state index in [0.717, 1.165) is 28.2 Å². The van der Waals surface area contributed by atoms with Crippen molar-refractivity contribution >= 4 is 17.1 Å². The molecule has 0 aliphatic rings. The van der Waals surface area contributed by atoms with Gasteiger partial charge >= 0.3 is 0 Å². The molecule has 3 heteroatoms. The highest BCUT2D eigenvalue weighted by Crippen LogP contribution is 2.31. The van der Waals surface area contributed by atoms with Crippen molar-refractivity contribution in [2.24, 2.45) is 0 Å². The van der Waals surface area contributed by atoms with Crippen molar-refractivity contribution in [3.63, 3.8) is 0 Å². The minimum atomic E-state index is 0.600. The summed E-state index contributed by atoms with van der Waals surface area (Å²) in [5, 5.41) is 2.13. The predicted molar refractivity (Wildman–Crippen MR) is 79.1 cm³/mol. The van der Waals surface area contributed by atoms with E-state index >= 15 is 0 Å². The summed E-state index contributed by atoms with van der Waals surface area (Å²) in [6.07, 6.45) is 4.46. The second kappa shape index (κ2) is 5.13. The standard InChI is InChI=1S/C17H13NO2/c1-20-14-6-7-16(13(8-14)11-19)17-10-18-9-12-4-2-3-5-15(12)17/h2-11H,1H3. The quantitative estimate of drug-likeness (QED) is 0.676. The van der Waals surface area contributed by atoms with Gasteiger partial charge in [-0.3, -0.25) is 9.78 Å². The van der Waals surface area contributed by atoms with Crippen LogP contribution in [-0.2, 0) is 0 Å². The normalized spacial score (nSPS) is 10.4. The van der Waals surface area contributed by atoms with Crippen LogP contribution in [0.25, 0.3) is 21.9 Å². The Hall–Kier alpha value is -2.68. The van der Waals surface area contributed by atoms with Crippen LogP contribution in [0.1, 0.15) is 10.4 Å². The van der Waals surface area contributed by atoms with Crippen molar-refractivity contribution in [2.75, 3.05) is 7.11 Å². The first kappa shape index (κ1) is 12.4. The highest BCUT2D eigenvalue weighted by atomic mass is 16.5. The maximum atomic E-state index is 11.3. The Bertz CT molecular complexity index is 776. The van der Waals surface area contributed by atoms with Gasteiger partial charge in [-0.1, -0.05) is 24.3 Å². The summed E-state index contributed by atoms with van der Waals surface area (Å²) in [7, 11) is 1.59. The van der Waals surface area contributed by atoms with Crippen molar-refractivity contribution in [2.45, 2.75) is 0 Å². The first-order valence-corrected chi connectivity index (χ1v) is 6.30. The molecule has 1 heterocycles. The maximum Gasteiger partial charge on any atom is 0.150 e. The van der Waals surface area contributed by atoms with Crippen molar-refractivity contribution in [3.05, 3.63) is 60.4 Å². The Balaban J connectivity index is 2.28. The molecule has 0 spiro atoms. The zero-order chi connectivity index (χ0) is 13.9. The highest BCUT2D eigenvalue weighted by Gasteiger charge is 2.09. The molecule has 0 radical (unpaired) electrons. The van der Waals surface area contributed by atoms with Crippen LogP contribution < -0.4 is 4.74 Å². The number of rotatable bonds is 3. The van der Waals surface area contributed by atoms with Crippen LogP contribution in [0, 0.1) is 0 Å². The van der Waals surface area contributed by atoms with Gasteiger partial charge in [0.1, 0.15) is 5.75 Å². The first-order chi connectivity index (χ1) is 9.83. The van der Waals surface area contributed by atoms with Crippen LogP contribution in [0.15, 0.2) is 54.9 Å². The maximum absolute atomic E-state index is 11.3. The summed E-state index contributed by atoms with van der Waals surface area (Å²) in [6.45, 7) is 0. The van der Waals surface area contributed by atoms with Gasteiger partial charge in [0, 0.05) is 28.9 Å². The van der Waals surface area contributed by atoms with Gasteiger partial charge in [-0.15, -0.1) is 0 Å². The third-order valence-electron chi connectivity index (χ3n) is 3.34. The molecule has 0 N–H and O–H groups in total. The van der Waals surface area contributed by atoms with E-state index < -0.39 is 0 Å². The molecule has 0 amide bonds. The lowest BCUT2D eigenvalue weighted by Crippen LogP contribution is -1.92. The van der Waals surface area contributed by atoms with E-state index in [2.05, 4.69) is 4.98 Å². The SMILES string of the molecule is COc1ccc(-c2cncc3ccccc23)c(C=O)c1. The summed E-state index contributed by atoms with van der Waals surface area (Å²) in [5.74, 6) is 0.670. The number of methoxy groups -OCH3 is 1. The van der Waals surface area contributed by atoms with Crippen molar-refractivity contribution in [1.29, 1.82) is 0 Å². The first-order valence-electron chi connectivity index (χ1n) is 6.30. The largest absolute Gasteiger partial charge is 0.497 e. The van der Waals surface area contributed by atoms with Crippen LogP contribution in [0.3, 0.4) is 0 Å². The van der Waals surface area contributed by atoms with Crippen LogP contribution in [-0.4, -0.2) is 18.4 Å². The fourth-order valence-electron chi connectivity index (χ4n) is 2.34. The summed E-state index contributed by atoms with van der Waals surface area (Å²) in [4.78, 5) is 15.6. The predicted octanol–water partition coefficient (Wildman–Crippen LogP) is 3.72. The molecule has 0 aliphatic carbocycles. The Kier molecular flexibility index (Phi) is 3.17. The molecule has 3 nitrogen and oxygen atoms in total. The highest BCUT2D eigenvalue weighted by molar-refractivity contribution is 6.00. The summed E-state index contributed by atoms with van der Waals surface area (Å²) >= 11 is 0. The molecular formula is C17H13NO2. The molecule has 0 saturated heterocycles. The molecule has 0 saturated carbocycles. The van der Waals surface area contributed by atoms with Gasteiger partial charge in [0.2, 0.25) is 0 Å². The summed E-state index contributed by atoms with van der Waals surface area (Å²) < 4.78 is 5.16. The van der Waals surface area contributed by atoms with Gasteiger partial charge in [-0.25, -0.2) is 0 Å². The number of hydrogen-bond acceptors (Lipinski definition) is 3. The molecule has 3 rings (SSSR count). The number of fused-ring (bicyclic) bond motifs is 1. The van der Waals surface area contributed by atoms with Crippen LogP contribution in [0.2, 0.25) is 0 Å². The molecule has 0 unspecified atom stereocenters. The van der Waals surface area contributed by atoms with Gasteiger partial charge in [0.05, 0.1) is 7.11 Å². The minimum Gasteiger partial charge on any atom is -0.497 e. The minimum absolute atomic E-state index is 0.600. The number of nitrogens with zero attached hydrogens (tertiary/aromatic N) is 1. The molecule has 1 aromatic heterocycles. The van der Waals surface area contributed by atoms with Crippen molar-refractivity contribution in [1.82, 2.24) is 4.98 Å². The average molecular weight is 263 g/mol. The number of ether oxygens (including phenoxy) is 1. The van der Waals surface area contributed by atoms with E-state index in [4.69, 9.17) is 4.74 Å². The number of benzene rings is 2. The number of aldehydes is 1. The van der Waals surface area contributed by atoms with E-state index in [1.54, 1.807) is 19.4 Å². The molecule has 0 fully saturated rings. The zero-order valence-electron chi connectivity index (χ0n) is 11.0. The fraction of sp³-hybridized carbons (Fsp3) is 0.0588. The summed E-state index contributed by atoms with van der Waals surface area (Å²) in [6, 6.07) is 13.5. The summed E-state index contributed by atoms with van der Waals surface area (Å²) in [5.41, 5.74) is 2.42. The molecule has 20 heavy (non-hydrogen) atoms. The second-order valence-electron chi connectivity index (χ2n) is 4.48. The average Bonchev–Trinajstić information content (AvgIpc) is 2.53. The molecule has 3 aromatic rings. The Morgan fingerprint density at radius 3 is 2.70 bits per heavy atom. The van der Waals surface area contributed by atoms with E-state index in [-0.39, 0.29) is 0 Å². The molecule has 0 bridgehead atoms. The Morgan fingerprint density at radius 2 is 1.90 bits per heavy atom. The molecule has 2 aromatic carbocycles. The Labute approximate surface area is 116 Å². The topological polar surface area (TPSA) is 39.2 Å². The van der Waals surface area contributed by atoms with Crippen LogP contribution in [0.5, 0.6) is 5.75 Å². The number of aromatic nitrogens is 1. The Morgan fingerprint density at radius 1 is 1.05 bits per heavy atom. The number of carbonyl (C=O) groups excluding carboxylic acids is 1. The van der Waals surface area contributed by atoms with Crippen molar-refractivity contribution in [3.8, 4) is 16.9 Å². The third kappa shape index (κ3) is 2.03. The van der Waals surface area contributed by atoms with E-state index in [1.807, 2.05) is 42.6 Å². The van der Waals surface area contributed by atoms with Crippen LogP contribution >= 0.6 is 0 Å². The number of pyridine rings is 1. The molecule has 98 valence electrons. The smallest absolute Gasteiger partial charge is 0.150 e. The van der Waals surface area contributed by atoms with Gasteiger partial charge < -0.3 is 4.74 Å². The number of hydrogen-bond donors (Lipinski definition) is 0. The fourth-order valence-corrected chi connectivity index (χ4v) is 2.34. The van der Waals surface area contributed by atoms with Gasteiger partial charge in [-0.05, 0) is 29.1 Å². The lowest BCUT2D eigenvalue weighted by Gasteiger charge is -2.10. The molecule has 0 atom stereocenters. The lowest BCUT2D eigenvalue weighted by molar-refractivity contribution is 0.112. The van der Waals surface area contributed by atoms with Crippen molar-refractivity contribution < 1.29 is 9.53 Å². The lowest BCUT2D eigenvalue weighted by atomic mass is 9.97. The third-order valence-corrected chi connectivity index (χ3v) is 3.34. The monoisotopic (exact) mass is 263 g/mol. The van der Waals surface area contributed by atoms with Gasteiger partial charge in [-0.2, -0.15) is 0 Å². The van der Waals surface area contributed by atoms with E-state index in [1.165, 1.54) is 0 Å². The molecule has 0 aliphatic heterocycles. The zero-order valence-corrected chi connectivity index (χ0v) is 11.0. The van der Waals surface area contributed by atoms with E-state index in [0.29, 0.717) is 11.3 Å². The second-order valence-corrected chi connectivity index (χ2v) is 4.48. The van der Waals surface area contributed by atoms with Crippen LogP contribution in [0.4, 0.5) is 0 Å². The molecular weight excluding hydrogens is 250 g/mol. The van der Waals surface area contributed by atoms with E-state index in [9.17, 15) is 4.79 Å².